The van der Waals surface area contributed by atoms with E-state index in [2.05, 4.69) is 10.6 Å². The number of Topliss-reactive ketones (excluding diaryl/α,β-unsaturated/α-hetero) is 1. The molecule has 28 heavy (non-hydrogen) atoms. The summed E-state index contributed by atoms with van der Waals surface area (Å²) < 4.78 is 10.7. The Morgan fingerprint density at radius 1 is 1.11 bits per heavy atom. The maximum absolute atomic E-state index is 12.7. The van der Waals surface area contributed by atoms with Gasteiger partial charge in [-0.2, -0.15) is 0 Å². The zero-order valence-electron chi connectivity index (χ0n) is 15.7. The van der Waals surface area contributed by atoms with E-state index < -0.39 is 0 Å². The summed E-state index contributed by atoms with van der Waals surface area (Å²) in [6.45, 7) is 3.03. The van der Waals surface area contributed by atoms with Gasteiger partial charge in [0, 0.05) is 36.6 Å². The Kier molecular flexibility index (Phi) is 6.76. The van der Waals surface area contributed by atoms with Gasteiger partial charge in [0.25, 0.3) is 5.91 Å². The molecule has 0 aromatic heterocycles. The molecule has 7 heteroatoms. The molecule has 0 fully saturated rings. The van der Waals surface area contributed by atoms with Gasteiger partial charge in [0.05, 0.1) is 5.56 Å². The lowest BCUT2D eigenvalue weighted by Crippen LogP contribution is -2.24. The van der Waals surface area contributed by atoms with Crippen LogP contribution in [0.15, 0.2) is 36.4 Å². The molecule has 2 aromatic carbocycles. The maximum Gasteiger partial charge on any atom is 0.253 e. The van der Waals surface area contributed by atoms with Crippen LogP contribution < -0.4 is 20.1 Å². The molecule has 0 spiro atoms. The minimum absolute atomic E-state index is 0.215. The van der Waals surface area contributed by atoms with Crippen LogP contribution in [0.3, 0.4) is 0 Å². The molecule has 1 aliphatic rings. The van der Waals surface area contributed by atoms with Gasteiger partial charge in [-0.1, -0.05) is 24.6 Å². The molecule has 0 atom stereocenters. The summed E-state index contributed by atoms with van der Waals surface area (Å²) in [7, 11) is 0. The SMILES string of the molecule is CCC(=O)CCCNc1ccc(Cl)cc1C(=O)NCc1ccc2c(c1)OCO2. The maximum atomic E-state index is 12.7. The smallest absolute Gasteiger partial charge is 0.253 e. The Bertz CT molecular complexity index is 869. The van der Waals surface area contributed by atoms with Crippen molar-refractivity contribution in [2.24, 2.45) is 0 Å². The van der Waals surface area contributed by atoms with Crippen LogP contribution in [0.25, 0.3) is 0 Å². The number of hydrogen-bond acceptors (Lipinski definition) is 5. The van der Waals surface area contributed by atoms with E-state index in [0.717, 1.165) is 5.56 Å². The first-order valence-electron chi connectivity index (χ1n) is 9.28. The van der Waals surface area contributed by atoms with Crippen LogP contribution in [0.2, 0.25) is 5.02 Å². The van der Waals surface area contributed by atoms with E-state index in [4.69, 9.17) is 21.1 Å². The van der Waals surface area contributed by atoms with Crippen molar-refractivity contribution >= 4 is 29.0 Å². The third-order valence-corrected chi connectivity index (χ3v) is 4.69. The third-order valence-electron chi connectivity index (χ3n) is 4.46. The van der Waals surface area contributed by atoms with Crippen LogP contribution in [0.5, 0.6) is 11.5 Å². The predicted octanol–water partition coefficient (Wildman–Crippen LogP) is 4.17. The van der Waals surface area contributed by atoms with Gasteiger partial charge >= 0.3 is 0 Å². The summed E-state index contributed by atoms with van der Waals surface area (Å²) in [5.41, 5.74) is 2.07. The second-order valence-corrected chi connectivity index (χ2v) is 6.92. The molecule has 0 aliphatic carbocycles. The lowest BCUT2D eigenvalue weighted by molar-refractivity contribution is -0.118. The van der Waals surface area contributed by atoms with Crippen LogP contribution in [0.4, 0.5) is 5.69 Å². The van der Waals surface area contributed by atoms with Crippen LogP contribution >= 0.6 is 11.6 Å². The van der Waals surface area contributed by atoms with Crippen molar-refractivity contribution in [2.45, 2.75) is 32.7 Å². The molecular weight excluding hydrogens is 380 g/mol. The zero-order chi connectivity index (χ0) is 19.9. The number of ether oxygens (including phenoxy) is 2. The van der Waals surface area contributed by atoms with Crippen molar-refractivity contribution in [1.29, 1.82) is 0 Å². The highest BCUT2D eigenvalue weighted by Gasteiger charge is 2.15. The second-order valence-electron chi connectivity index (χ2n) is 6.48. The van der Waals surface area contributed by atoms with Crippen molar-refractivity contribution in [2.75, 3.05) is 18.7 Å². The van der Waals surface area contributed by atoms with Gasteiger partial charge in [-0.3, -0.25) is 9.59 Å². The zero-order valence-corrected chi connectivity index (χ0v) is 16.5. The highest BCUT2D eigenvalue weighted by molar-refractivity contribution is 6.31. The first-order valence-corrected chi connectivity index (χ1v) is 9.66. The summed E-state index contributed by atoms with van der Waals surface area (Å²) in [4.78, 5) is 24.1. The first kappa shape index (κ1) is 20.0. The first-order chi connectivity index (χ1) is 13.6. The average molecular weight is 403 g/mol. The molecule has 1 amide bonds. The summed E-state index contributed by atoms with van der Waals surface area (Å²) in [6.07, 6.45) is 1.80. The fourth-order valence-corrected chi connectivity index (χ4v) is 3.04. The molecule has 0 saturated carbocycles. The number of ketones is 1. The molecular formula is C21H23ClN2O4. The molecule has 0 radical (unpaired) electrons. The minimum Gasteiger partial charge on any atom is -0.454 e. The van der Waals surface area contributed by atoms with E-state index in [0.29, 0.717) is 60.1 Å². The van der Waals surface area contributed by atoms with Gasteiger partial charge in [0.2, 0.25) is 6.79 Å². The molecule has 0 bridgehead atoms. The number of carbonyl (C=O) groups is 2. The number of nitrogens with one attached hydrogen (secondary N) is 2. The summed E-state index contributed by atoms with van der Waals surface area (Å²) in [5.74, 6) is 1.39. The molecule has 2 N–H and O–H groups in total. The van der Waals surface area contributed by atoms with Crippen LogP contribution in [0, 0.1) is 0 Å². The molecule has 1 aliphatic heterocycles. The molecule has 0 unspecified atom stereocenters. The Balaban J connectivity index is 1.60. The molecule has 148 valence electrons. The third kappa shape index (κ3) is 5.16. The van der Waals surface area contributed by atoms with Crippen LogP contribution in [-0.4, -0.2) is 25.0 Å². The van der Waals surface area contributed by atoms with Gasteiger partial charge < -0.3 is 20.1 Å². The summed E-state index contributed by atoms with van der Waals surface area (Å²) in [6, 6.07) is 10.7. The molecule has 3 rings (SSSR count). The highest BCUT2D eigenvalue weighted by atomic mass is 35.5. The Morgan fingerprint density at radius 2 is 1.93 bits per heavy atom. The van der Waals surface area contributed by atoms with Gasteiger partial charge in [-0.05, 0) is 42.3 Å². The number of carbonyl (C=O) groups excluding carboxylic acids is 2. The lowest BCUT2D eigenvalue weighted by atomic mass is 10.1. The van der Waals surface area contributed by atoms with Crippen molar-refractivity contribution in [3.8, 4) is 11.5 Å². The number of anilines is 1. The Hall–Kier alpha value is -2.73. The van der Waals surface area contributed by atoms with Crippen molar-refractivity contribution in [1.82, 2.24) is 5.32 Å². The number of amides is 1. The quantitative estimate of drug-likeness (QED) is 0.615. The van der Waals surface area contributed by atoms with Crippen molar-refractivity contribution < 1.29 is 19.1 Å². The Morgan fingerprint density at radius 3 is 2.75 bits per heavy atom. The molecule has 1 heterocycles. The second kappa shape index (κ2) is 9.46. The van der Waals surface area contributed by atoms with E-state index in [9.17, 15) is 9.59 Å². The van der Waals surface area contributed by atoms with Gasteiger partial charge in [0.1, 0.15) is 5.78 Å². The number of benzene rings is 2. The molecule has 0 saturated heterocycles. The fraction of sp³-hybridized carbons (Fsp3) is 0.333. The number of fused-ring (bicyclic) bond motifs is 1. The number of hydrogen-bond donors (Lipinski definition) is 2. The largest absolute Gasteiger partial charge is 0.454 e. The number of halogens is 1. The van der Waals surface area contributed by atoms with Gasteiger partial charge in [-0.25, -0.2) is 0 Å². The average Bonchev–Trinajstić information content (AvgIpc) is 3.17. The van der Waals surface area contributed by atoms with Crippen molar-refractivity contribution in [3.63, 3.8) is 0 Å². The van der Waals surface area contributed by atoms with E-state index in [-0.39, 0.29) is 18.5 Å². The van der Waals surface area contributed by atoms with E-state index in [1.807, 2.05) is 25.1 Å². The van der Waals surface area contributed by atoms with Crippen LogP contribution in [0.1, 0.15) is 42.1 Å². The lowest BCUT2D eigenvalue weighted by Gasteiger charge is -2.13. The van der Waals surface area contributed by atoms with E-state index >= 15 is 0 Å². The highest BCUT2D eigenvalue weighted by Crippen LogP contribution is 2.32. The van der Waals surface area contributed by atoms with E-state index in [1.165, 1.54) is 0 Å². The number of rotatable bonds is 9. The normalized spacial score (nSPS) is 11.9. The van der Waals surface area contributed by atoms with Crippen LogP contribution in [-0.2, 0) is 11.3 Å². The topological polar surface area (TPSA) is 76.7 Å². The molecule has 2 aromatic rings. The predicted molar refractivity (Wildman–Crippen MR) is 108 cm³/mol. The van der Waals surface area contributed by atoms with E-state index in [1.54, 1.807) is 18.2 Å². The standard InChI is InChI=1S/C21H23ClN2O4/c1-2-16(25)4-3-9-23-18-7-6-15(22)11-17(18)21(26)24-12-14-5-8-19-20(10-14)28-13-27-19/h5-8,10-11,23H,2-4,9,12-13H2,1H3,(H,24,26). The minimum atomic E-state index is -0.229. The summed E-state index contributed by atoms with van der Waals surface area (Å²) >= 11 is 6.08. The Labute approximate surface area is 169 Å². The monoisotopic (exact) mass is 402 g/mol. The fourth-order valence-electron chi connectivity index (χ4n) is 2.87. The van der Waals surface area contributed by atoms with Crippen molar-refractivity contribution in [3.05, 3.63) is 52.5 Å². The molecule has 6 nitrogen and oxygen atoms in total. The van der Waals surface area contributed by atoms with Gasteiger partial charge in [0.15, 0.2) is 11.5 Å². The van der Waals surface area contributed by atoms with Gasteiger partial charge in [-0.15, -0.1) is 0 Å². The summed E-state index contributed by atoms with van der Waals surface area (Å²) in [5, 5.41) is 6.61.